The Labute approximate surface area is 180 Å². The molecule has 0 aromatic heterocycles. The molecule has 0 radical (unpaired) electrons. The van der Waals surface area contributed by atoms with Crippen molar-refractivity contribution in [2.75, 3.05) is 44.0 Å². The molecule has 2 aromatic carbocycles. The third-order valence-corrected chi connectivity index (χ3v) is 4.99. The van der Waals surface area contributed by atoms with Gasteiger partial charge in [-0.05, 0) is 42.8 Å². The highest BCUT2D eigenvalue weighted by molar-refractivity contribution is 6.30. The highest BCUT2D eigenvalue weighted by Gasteiger charge is 2.25. The summed E-state index contributed by atoms with van der Waals surface area (Å²) >= 11 is 6.15. The lowest BCUT2D eigenvalue weighted by Crippen LogP contribution is -2.46. The van der Waals surface area contributed by atoms with E-state index in [4.69, 9.17) is 16.3 Å². The minimum Gasteiger partial charge on any atom is -0.495 e. The summed E-state index contributed by atoms with van der Waals surface area (Å²) in [5, 5.41) is 9.62. The van der Waals surface area contributed by atoms with Gasteiger partial charge in [0.25, 0.3) is 0 Å². The smallest absolute Gasteiger partial charge is 0.243 e. The zero-order valence-electron chi connectivity index (χ0n) is 16.9. The van der Waals surface area contributed by atoms with Crippen LogP contribution in [0.5, 0.6) is 5.75 Å². The largest absolute Gasteiger partial charge is 0.495 e. The number of aliphatic imine (C=N–C) groups is 1. The second-order valence-electron chi connectivity index (χ2n) is 6.88. The van der Waals surface area contributed by atoms with Gasteiger partial charge in [-0.25, -0.2) is 4.39 Å². The molecule has 1 aliphatic heterocycles. The zero-order valence-corrected chi connectivity index (χ0v) is 17.7. The van der Waals surface area contributed by atoms with E-state index in [-0.39, 0.29) is 18.5 Å². The first-order valence-corrected chi connectivity index (χ1v) is 9.97. The van der Waals surface area contributed by atoms with Crippen molar-refractivity contribution >= 4 is 34.8 Å². The zero-order chi connectivity index (χ0) is 21.5. The van der Waals surface area contributed by atoms with Crippen molar-refractivity contribution in [3.63, 3.8) is 0 Å². The summed E-state index contributed by atoms with van der Waals surface area (Å²) in [6, 6.07) is 11.5. The molecule has 0 bridgehead atoms. The second kappa shape index (κ2) is 10.2. The Morgan fingerprint density at radius 3 is 2.90 bits per heavy atom. The molecule has 1 heterocycles. The molecule has 30 heavy (non-hydrogen) atoms. The first kappa shape index (κ1) is 21.7. The predicted octanol–water partition coefficient (Wildman–Crippen LogP) is 2.87. The lowest BCUT2D eigenvalue weighted by atomic mass is 10.2. The van der Waals surface area contributed by atoms with E-state index >= 15 is 0 Å². The monoisotopic (exact) mass is 433 g/mol. The number of halogens is 2. The molecular formula is C21H25ClFN5O2. The maximum Gasteiger partial charge on any atom is 0.243 e. The van der Waals surface area contributed by atoms with Crippen LogP contribution in [0.3, 0.4) is 0 Å². The van der Waals surface area contributed by atoms with E-state index in [1.165, 1.54) is 12.1 Å². The van der Waals surface area contributed by atoms with Gasteiger partial charge in [-0.1, -0.05) is 17.7 Å². The van der Waals surface area contributed by atoms with Gasteiger partial charge < -0.3 is 25.6 Å². The number of nitrogens with zero attached hydrogens (tertiary/aromatic N) is 2. The topological polar surface area (TPSA) is 78.0 Å². The number of amides is 1. The number of benzene rings is 2. The number of carbonyl (C=O) groups is 1. The fourth-order valence-electron chi connectivity index (χ4n) is 3.33. The molecule has 9 heteroatoms. The first-order chi connectivity index (χ1) is 14.5. The SMILES string of the molecule is CN=C(NCC(=O)Nc1cccc(F)c1)NC1CCN(c2cc(Cl)ccc2OC)C1. The fraction of sp³-hybridized carbons (Fsp3) is 0.333. The van der Waals surface area contributed by atoms with Gasteiger partial charge in [0.05, 0.1) is 19.3 Å². The van der Waals surface area contributed by atoms with E-state index in [0.717, 1.165) is 30.9 Å². The van der Waals surface area contributed by atoms with Gasteiger partial charge in [-0.2, -0.15) is 0 Å². The molecule has 1 amide bonds. The summed E-state index contributed by atoms with van der Waals surface area (Å²) in [4.78, 5) is 18.5. The molecule has 160 valence electrons. The average molecular weight is 434 g/mol. The molecule has 1 saturated heterocycles. The Bertz CT molecular complexity index is 924. The van der Waals surface area contributed by atoms with Crippen molar-refractivity contribution in [3.8, 4) is 5.75 Å². The van der Waals surface area contributed by atoms with Crippen LogP contribution in [0.4, 0.5) is 15.8 Å². The number of rotatable bonds is 6. The van der Waals surface area contributed by atoms with Crippen LogP contribution in [-0.2, 0) is 4.79 Å². The second-order valence-corrected chi connectivity index (χ2v) is 7.31. The molecule has 0 spiro atoms. The third-order valence-electron chi connectivity index (χ3n) is 4.76. The Kier molecular flexibility index (Phi) is 7.35. The van der Waals surface area contributed by atoms with E-state index in [1.54, 1.807) is 32.4 Å². The highest BCUT2D eigenvalue weighted by atomic mass is 35.5. The van der Waals surface area contributed by atoms with Crippen LogP contribution in [0.1, 0.15) is 6.42 Å². The van der Waals surface area contributed by atoms with Crippen LogP contribution in [0, 0.1) is 5.82 Å². The van der Waals surface area contributed by atoms with Gasteiger partial charge in [0, 0.05) is 36.9 Å². The molecule has 0 saturated carbocycles. The number of carbonyl (C=O) groups excluding carboxylic acids is 1. The summed E-state index contributed by atoms with van der Waals surface area (Å²) in [5.74, 6) is 0.603. The summed E-state index contributed by atoms with van der Waals surface area (Å²) in [7, 11) is 3.28. The van der Waals surface area contributed by atoms with Crippen LogP contribution >= 0.6 is 11.6 Å². The fourth-order valence-corrected chi connectivity index (χ4v) is 3.50. The maximum atomic E-state index is 13.2. The number of ether oxygens (including phenoxy) is 1. The Hall–Kier alpha value is -3.00. The van der Waals surface area contributed by atoms with Crippen molar-refractivity contribution in [2.24, 2.45) is 4.99 Å². The van der Waals surface area contributed by atoms with Crippen LogP contribution in [0.15, 0.2) is 47.5 Å². The lowest BCUT2D eigenvalue weighted by molar-refractivity contribution is -0.115. The Balaban J connectivity index is 1.51. The minimum absolute atomic E-state index is 0.00867. The normalized spacial score (nSPS) is 16.3. The molecule has 1 aliphatic rings. The maximum absolute atomic E-state index is 13.2. The van der Waals surface area contributed by atoms with Crippen LogP contribution in [0.25, 0.3) is 0 Å². The van der Waals surface area contributed by atoms with Gasteiger partial charge in [0.15, 0.2) is 5.96 Å². The van der Waals surface area contributed by atoms with Crippen molar-refractivity contribution in [1.29, 1.82) is 0 Å². The van der Waals surface area contributed by atoms with Crippen LogP contribution in [0.2, 0.25) is 5.02 Å². The molecule has 3 rings (SSSR count). The number of hydrogen-bond donors (Lipinski definition) is 3. The molecule has 0 aliphatic carbocycles. The molecule has 3 N–H and O–H groups in total. The quantitative estimate of drug-likeness (QED) is 0.482. The first-order valence-electron chi connectivity index (χ1n) is 9.59. The Morgan fingerprint density at radius 2 is 2.17 bits per heavy atom. The average Bonchev–Trinajstić information content (AvgIpc) is 3.19. The standard InChI is InChI=1S/C21H25ClFN5O2/c1-24-21(25-12-20(29)26-16-5-3-4-15(23)11-16)27-17-8-9-28(13-17)18-10-14(22)6-7-19(18)30-2/h3-7,10-11,17H,8-9,12-13H2,1-2H3,(H,26,29)(H2,24,25,27). The molecule has 1 atom stereocenters. The summed E-state index contributed by atoms with van der Waals surface area (Å²) in [6.07, 6.45) is 0.895. The number of nitrogens with one attached hydrogen (secondary N) is 3. The molecule has 7 nitrogen and oxygen atoms in total. The predicted molar refractivity (Wildman–Crippen MR) is 118 cm³/mol. The molecule has 1 fully saturated rings. The van der Waals surface area contributed by atoms with Gasteiger partial charge in [0.1, 0.15) is 11.6 Å². The minimum atomic E-state index is -0.402. The van der Waals surface area contributed by atoms with Gasteiger partial charge >= 0.3 is 0 Å². The van der Waals surface area contributed by atoms with Crippen molar-refractivity contribution in [2.45, 2.75) is 12.5 Å². The number of methoxy groups -OCH3 is 1. The third kappa shape index (κ3) is 5.76. The van der Waals surface area contributed by atoms with Crippen molar-refractivity contribution < 1.29 is 13.9 Å². The van der Waals surface area contributed by atoms with E-state index in [0.29, 0.717) is 16.7 Å². The van der Waals surface area contributed by atoms with E-state index in [9.17, 15) is 9.18 Å². The summed E-state index contributed by atoms with van der Waals surface area (Å²) in [6.45, 7) is 1.59. The Morgan fingerprint density at radius 1 is 1.33 bits per heavy atom. The molecule has 2 aromatic rings. The molecule has 1 unspecified atom stereocenters. The van der Waals surface area contributed by atoms with Crippen molar-refractivity contribution in [3.05, 3.63) is 53.3 Å². The van der Waals surface area contributed by atoms with E-state index in [1.807, 2.05) is 12.1 Å². The van der Waals surface area contributed by atoms with Crippen LogP contribution in [-0.4, -0.2) is 51.7 Å². The molecular weight excluding hydrogens is 409 g/mol. The highest BCUT2D eigenvalue weighted by Crippen LogP contribution is 2.33. The van der Waals surface area contributed by atoms with Gasteiger partial charge in [0.2, 0.25) is 5.91 Å². The number of guanidine groups is 1. The van der Waals surface area contributed by atoms with Crippen molar-refractivity contribution in [1.82, 2.24) is 10.6 Å². The number of anilines is 2. The van der Waals surface area contributed by atoms with Crippen LogP contribution < -0.4 is 25.6 Å². The summed E-state index contributed by atoms with van der Waals surface area (Å²) in [5.41, 5.74) is 1.36. The van der Waals surface area contributed by atoms with Gasteiger partial charge in [-0.15, -0.1) is 0 Å². The van der Waals surface area contributed by atoms with E-state index in [2.05, 4.69) is 25.8 Å². The van der Waals surface area contributed by atoms with Gasteiger partial charge in [-0.3, -0.25) is 9.79 Å². The lowest BCUT2D eigenvalue weighted by Gasteiger charge is -2.22. The number of hydrogen-bond acceptors (Lipinski definition) is 4. The summed E-state index contributed by atoms with van der Waals surface area (Å²) < 4.78 is 18.7. The van der Waals surface area contributed by atoms with E-state index < -0.39 is 5.82 Å².